The summed E-state index contributed by atoms with van der Waals surface area (Å²) in [5.41, 5.74) is 11.9. The van der Waals surface area contributed by atoms with E-state index in [0.29, 0.717) is 0 Å². The zero-order chi connectivity index (χ0) is 35.8. The zero-order valence-corrected chi connectivity index (χ0v) is 29.7. The predicted octanol–water partition coefficient (Wildman–Crippen LogP) is 8.81. The largest absolute Gasteiger partial charge is 0.374 e. The molecule has 2 aliphatic heterocycles. The van der Waals surface area contributed by atoms with Crippen LogP contribution < -0.4 is 15.6 Å². The van der Waals surface area contributed by atoms with Crippen LogP contribution in [-0.2, 0) is 0 Å². The summed E-state index contributed by atoms with van der Waals surface area (Å²) in [6.07, 6.45) is 2.39. The summed E-state index contributed by atoms with van der Waals surface area (Å²) in [5.74, 6) is 1.85. The highest BCUT2D eigenvalue weighted by Crippen LogP contribution is 2.45. The Morgan fingerprint density at radius 3 is 1.93 bits per heavy atom. The molecule has 4 N–H and O–H groups in total. The first-order chi connectivity index (χ1) is 26.8. The molecule has 256 valence electrons. The van der Waals surface area contributed by atoms with Gasteiger partial charge in [0.25, 0.3) is 6.17 Å². The molecule has 4 heteroatoms. The monoisotopic (exact) mass is 694 g/mol. The van der Waals surface area contributed by atoms with Crippen molar-refractivity contribution < 1.29 is 10.3 Å². The molecule has 10 rings (SSSR count). The molecule has 0 aromatic heterocycles. The normalized spacial score (nSPS) is 16.6. The maximum atomic E-state index is 5.06. The van der Waals surface area contributed by atoms with Gasteiger partial charge >= 0.3 is 11.7 Å². The van der Waals surface area contributed by atoms with Crippen LogP contribution in [0.25, 0.3) is 38.2 Å². The van der Waals surface area contributed by atoms with Gasteiger partial charge in [-0.2, -0.15) is 0 Å². The van der Waals surface area contributed by atoms with Gasteiger partial charge in [-0.3, -0.25) is 0 Å². The second-order valence-corrected chi connectivity index (χ2v) is 14.0. The molecule has 0 bridgehead atoms. The van der Waals surface area contributed by atoms with Gasteiger partial charge in [-0.15, -0.1) is 0 Å². The van der Waals surface area contributed by atoms with E-state index in [2.05, 4.69) is 198 Å². The van der Waals surface area contributed by atoms with Gasteiger partial charge in [-0.05, 0) is 97.9 Å². The molecule has 0 amide bonds. The van der Waals surface area contributed by atoms with E-state index in [0.717, 1.165) is 28.5 Å². The smallest absolute Gasteiger partial charge is 0.343 e. The Morgan fingerprint density at radius 2 is 1.13 bits per heavy atom. The van der Waals surface area contributed by atoms with Crippen LogP contribution in [0.3, 0.4) is 0 Å². The van der Waals surface area contributed by atoms with Crippen molar-refractivity contribution in [2.24, 2.45) is 4.99 Å². The molecule has 0 aliphatic carbocycles. The van der Waals surface area contributed by atoms with Crippen molar-refractivity contribution in [1.29, 1.82) is 0 Å². The van der Waals surface area contributed by atoms with Crippen molar-refractivity contribution in [3.05, 3.63) is 228 Å². The van der Waals surface area contributed by atoms with Crippen molar-refractivity contribution in [2.45, 2.75) is 12.2 Å². The second kappa shape index (κ2) is 13.6. The molecule has 2 heterocycles. The SMILES string of the molecule is C1=C(c2cccc3ccccc23)c2c(ccc3c(-c4ccc(C5[NH+]=C(c6ccccc6)N=C(c6ccccc6)[NH2+]5)cc4)cccc23)NC1c1ccccc1. The lowest BCUT2D eigenvalue weighted by molar-refractivity contribution is -0.789. The molecule has 0 saturated carbocycles. The highest BCUT2D eigenvalue weighted by molar-refractivity contribution is 6.11. The average Bonchev–Trinajstić information content (AvgIpc) is 3.26. The van der Waals surface area contributed by atoms with Gasteiger partial charge in [0, 0.05) is 16.2 Å². The van der Waals surface area contributed by atoms with E-state index in [1.807, 2.05) is 12.1 Å². The van der Waals surface area contributed by atoms with Crippen LogP contribution >= 0.6 is 0 Å². The first-order valence-electron chi connectivity index (χ1n) is 18.6. The summed E-state index contributed by atoms with van der Waals surface area (Å²) in [6.45, 7) is 0. The number of hydrogen-bond acceptors (Lipinski definition) is 2. The maximum absolute atomic E-state index is 5.06. The van der Waals surface area contributed by atoms with Crippen LogP contribution in [0.1, 0.15) is 45.6 Å². The summed E-state index contributed by atoms with van der Waals surface area (Å²) < 4.78 is 0. The number of rotatable bonds is 6. The molecule has 54 heavy (non-hydrogen) atoms. The fraction of sp³-hybridized carbons (Fsp3) is 0.0400. The minimum Gasteiger partial charge on any atom is -0.374 e. The minimum atomic E-state index is -0.0291. The van der Waals surface area contributed by atoms with E-state index in [9.17, 15) is 0 Å². The Kier molecular flexibility index (Phi) is 8.01. The molecule has 0 fully saturated rings. The van der Waals surface area contributed by atoms with Crippen molar-refractivity contribution in [3.8, 4) is 11.1 Å². The number of benzene rings is 8. The Labute approximate surface area is 314 Å². The number of nitrogens with zero attached hydrogens (tertiary/aromatic N) is 1. The number of fused-ring (bicyclic) bond motifs is 4. The van der Waals surface area contributed by atoms with E-state index in [4.69, 9.17) is 4.99 Å². The molecule has 2 aliphatic rings. The first-order valence-corrected chi connectivity index (χ1v) is 18.6. The molecule has 8 aromatic rings. The molecule has 0 spiro atoms. The molecule has 2 atom stereocenters. The second-order valence-electron chi connectivity index (χ2n) is 14.0. The van der Waals surface area contributed by atoms with Crippen molar-refractivity contribution >= 4 is 44.5 Å². The lowest BCUT2D eigenvalue weighted by Crippen LogP contribution is -3.05. The summed E-state index contributed by atoms with van der Waals surface area (Å²) in [4.78, 5) is 8.77. The third-order valence-electron chi connectivity index (χ3n) is 10.8. The molecule has 2 unspecified atom stereocenters. The van der Waals surface area contributed by atoms with Gasteiger partial charge in [0.2, 0.25) is 0 Å². The Hall–Kier alpha value is -6.88. The van der Waals surface area contributed by atoms with Crippen molar-refractivity contribution in [1.82, 2.24) is 0 Å². The van der Waals surface area contributed by atoms with Crippen LogP contribution in [0.4, 0.5) is 5.69 Å². The first kappa shape index (κ1) is 31.8. The number of nitrogens with one attached hydrogen (secondary N) is 2. The van der Waals surface area contributed by atoms with E-state index >= 15 is 0 Å². The molecule has 0 radical (unpaired) electrons. The van der Waals surface area contributed by atoms with Crippen LogP contribution in [0.5, 0.6) is 0 Å². The summed E-state index contributed by atoms with van der Waals surface area (Å²) >= 11 is 0. The summed E-state index contributed by atoms with van der Waals surface area (Å²) in [7, 11) is 0. The summed E-state index contributed by atoms with van der Waals surface area (Å²) in [6, 6.07) is 67.3. The van der Waals surface area contributed by atoms with Gasteiger partial charge in [0.05, 0.1) is 22.7 Å². The number of amidine groups is 2. The molecule has 8 aromatic carbocycles. The van der Waals surface area contributed by atoms with Crippen molar-refractivity contribution in [2.75, 3.05) is 5.32 Å². The lowest BCUT2D eigenvalue weighted by Gasteiger charge is -2.29. The number of hydrogen-bond donors (Lipinski definition) is 3. The fourth-order valence-electron chi connectivity index (χ4n) is 8.10. The van der Waals surface area contributed by atoms with E-state index in [1.54, 1.807) is 0 Å². The summed E-state index contributed by atoms with van der Waals surface area (Å²) in [5, 5.41) is 11.1. The Balaban J connectivity index is 1.06. The highest BCUT2D eigenvalue weighted by Gasteiger charge is 2.32. The van der Waals surface area contributed by atoms with Crippen LogP contribution in [0, 0.1) is 0 Å². The average molecular weight is 695 g/mol. The van der Waals surface area contributed by atoms with Crippen LogP contribution in [-0.4, -0.2) is 11.7 Å². The van der Waals surface area contributed by atoms with Gasteiger partial charge in [0.1, 0.15) is 0 Å². The molecular formula is C50H38N4+2. The fourth-order valence-corrected chi connectivity index (χ4v) is 8.10. The van der Waals surface area contributed by atoms with Gasteiger partial charge in [0.15, 0.2) is 0 Å². The predicted molar refractivity (Wildman–Crippen MR) is 222 cm³/mol. The van der Waals surface area contributed by atoms with Crippen molar-refractivity contribution in [3.63, 3.8) is 0 Å². The number of aliphatic imine (C=N–C) groups is 1. The lowest BCUT2D eigenvalue weighted by atomic mass is 9.83. The van der Waals surface area contributed by atoms with Gasteiger partial charge < -0.3 is 5.32 Å². The van der Waals surface area contributed by atoms with Crippen LogP contribution in [0.15, 0.2) is 199 Å². The number of nitrogens with two attached hydrogens (primary N) is 1. The molecule has 0 saturated heterocycles. The Bertz CT molecular complexity index is 2740. The van der Waals surface area contributed by atoms with Crippen LogP contribution in [0.2, 0.25) is 0 Å². The molecule has 4 nitrogen and oxygen atoms in total. The van der Waals surface area contributed by atoms with E-state index in [-0.39, 0.29) is 12.2 Å². The minimum absolute atomic E-state index is 0.0291. The standard InChI is InChI=1S/C50H36N4/c1-4-15-35(16-5-1)46-32-44(41-24-12-21-33-14-10-11-22-39(33)41)47-43-25-13-23-40(42(43)30-31-45(47)51-46)34-26-28-38(29-27-34)50-53-48(36-17-6-2-7-18-36)52-49(54-50)37-19-8-3-9-20-37/h1-32,46,50-51H,(H,52,53,54)/p+2. The number of quaternary nitrogens is 1. The highest BCUT2D eigenvalue weighted by atomic mass is 15.2. The van der Waals surface area contributed by atoms with Gasteiger partial charge in [-0.25, -0.2) is 10.3 Å². The maximum Gasteiger partial charge on any atom is 0.343 e. The third-order valence-corrected chi connectivity index (χ3v) is 10.8. The van der Waals surface area contributed by atoms with E-state index in [1.165, 1.54) is 60.5 Å². The van der Waals surface area contributed by atoms with E-state index < -0.39 is 0 Å². The third kappa shape index (κ3) is 5.79. The topological polar surface area (TPSA) is 55.0 Å². The Morgan fingerprint density at radius 1 is 0.481 bits per heavy atom. The van der Waals surface area contributed by atoms with Gasteiger partial charge in [-0.1, -0.05) is 146 Å². The molecular weight excluding hydrogens is 657 g/mol. The quantitative estimate of drug-likeness (QED) is 0.160. The zero-order valence-electron chi connectivity index (χ0n) is 29.7. The number of anilines is 1.